The molecule has 0 atom stereocenters. The Morgan fingerprint density at radius 2 is 0.831 bits per heavy atom. The van der Waals surface area contributed by atoms with E-state index >= 15 is 0 Å². The van der Waals surface area contributed by atoms with Gasteiger partial charge in [0.05, 0.1) is 0 Å². The van der Waals surface area contributed by atoms with Gasteiger partial charge in [0, 0.05) is 57.4 Å². The van der Waals surface area contributed by atoms with Crippen molar-refractivity contribution in [2.45, 2.75) is 0 Å². The van der Waals surface area contributed by atoms with Crippen LogP contribution in [0.1, 0.15) is 0 Å². The van der Waals surface area contributed by atoms with Gasteiger partial charge in [-0.3, -0.25) is 0 Å². The highest BCUT2D eigenvalue weighted by Crippen LogP contribution is 2.47. The highest BCUT2D eigenvalue weighted by atomic mass is 32.1. The zero-order chi connectivity index (χ0) is 38.9. The molecule has 0 radical (unpaired) electrons. The van der Waals surface area contributed by atoms with E-state index in [4.69, 9.17) is 0 Å². The van der Waals surface area contributed by atoms with E-state index in [1.165, 1.54) is 95.3 Å². The number of thiophene rings is 2. The standard InChI is InChI=1S/C56H35NS2/c1-2-9-36(10-3-1)37-21-27-43(28-22-37)57(44-29-23-38(24-30-44)42-20-19-41-18-17-39-11-4-5-12-46(39)50(41)35-42)45-31-25-40(26-32-45)47-14-8-16-52-54(47)55-53(58-52)34-33-49-48-13-6-7-15-51(48)59-56(49)55/h1-35H. The highest BCUT2D eigenvalue weighted by Gasteiger charge is 2.18. The molecule has 0 aliphatic rings. The van der Waals surface area contributed by atoms with Crippen molar-refractivity contribution in [2.75, 3.05) is 4.90 Å². The van der Waals surface area contributed by atoms with Gasteiger partial charge in [-0.1, -0.05) is 152 Å². The van der Waals surface area contributed by atoms with Crippen LogP contribution in [0.25, 0.3) is 95.3 Å². The van der Waals surface area contributed by atoms with E-state index in [9.17, 15) is 0 Å². The maximum absolute atomic E-state index is 2.37. The Kier molecular flexibility index (Phi) is 7.97. The summed E-state index contributed by atoms with van der Waals surface area (Å²) in [6.07, 6.45) is 0. The van der Waals surface area contributed by atoms with E-state index in [2.05, 4.69) is 217 Å². The van der Waals surface area contributed by atoms with E-state index < -0.39 is 0 Å². The second-order valence-electron chi connectivity index (χ2n) is 15.3. The Morgan fingerprint density at radius 3 is 1.58 bits per heavy atom. The Bertz CT molecular complexity index is 3520. The van der Waals surface area contributed by atoms with E-state index in [0.717, 1.165) is 17.1 Å². The van der Waals surface area contributed by atoms with E-state index in [1.807, 2.05) is 22.7 Å². The van der Waals surface area contributed by atoms with Gasteiger partial charge in [-0.25, -0.2) is 0 Å². The molecule has 3 heteroatoms. The maximum atomic E-state index is 2.37. The number of fused-ring (bicyclic) bond motifs is 10. The predicted molar refractivity (Wildman–Crippen MR) is 258 cm³/mol. The molecule has 0 N–H and O–H groups in total. The van der Waals surface area contributed by atoms with Crippen molar-refractivity contribution in [3.8, 4) is 33.4 Å². The molecule has 0 aliphatic carbocycles. The van der Waals surface area contributed by atoms with Crippen molar-refractivity contribution >= 4 is 102 Å². The molecule has 0 aliphatic heterocycles. The number of benzene rings is 10. The average Bonchev–Trinajstić information content (AvgIpc) is 3.89. The molecular formula is C56H35NS2. The number of anilines is 3. The lowest BCUT2D eigenvalue weighted by Crippen LogP contribution is -2.09. The summed E-state index contributed by atoms with van der Waals surface area (Å²) in [4.78, 5) is 2.37. The molecule has 0 fully saturated rings. The number of nitrogens with zero attached hydrogens (tertiary/aromatic N) is 1. The van der Waals surface area contributed by atoms with Gasteiger partial charge >= 0.3 is 0 Å². The molecule has 59 heavy (non-hydrogen) atoms. The van der Waals surface area contributed by atoms with Gasteiger partial charge in [-0.05, 0) is 116 Å². The van der Waals surface area contributed by atoms with Crippen LogP contribution in [-0.4, -0.2) is 0 Å². The van der Waals surface area contributed by atoms with Crippen LogP contribution in [0.3, 0.4) is 0 Å². The molecule has 10 aromatic carbocycles. The van der Waals surface area contributed by atoms with E-state index in [1.54, 1.807) is 0 Å². The van der Waals surface area contributed by atoms with E-state index in [-0.39, 0.29) is 0 Å². The van der Waals surface area contributed by atoms with Crippen LogP contribution in [0.15, 0.2) is 212 Å². The zero-order valence-electron chi connectivity index (χ0n) is 32.0. The van der Waals surface area contributed by atoms with Crippen LogP contribution < -0.4 is 4.90 Å². The van der Waals surface area contributed by atoms with Crippen molar-refractivity contribution in [2.24, 2.45) is 0 Å². The quantitative estimate of drug-likeness (QED) is 0.152. The molecule has 0 bridgehead atoms. The summed E-state index contributed by atoms with van der Waals surface area (Å²) in [5, 5.41) is 10.5. The van der Waals surface area contributed by atoms with Crippen LogP contribution in [0, 0.1) is 0 Å². The van der Waals surface area contributed by atoms with Crippen LogP contribution in [-0.2, 0) is 0 Å². The molecule has 1 nitrogen and oxygen atoms in total. The molecule has 12 rings (SSSR count). The van der Waals surface area contributed by atoms with Gasteiger partial charge in [-0.2, -0.15) is 0 Å². The molecule has 12 aromatic rings. The third-order valence-corrected chi connectivity index (χ3v) is 14.2. The lowest BCUT2D eigenvalue weighted by molar-refractivity contribution is 1.28. The fourth-order valence-electron chi connectivity index (χ4n) is 8.98. The van der Waals surface area contributed by atoms with Crippen LogP contribution in [0.5, 0.6) is 0 Å². The predicted octanol–water partition coefficient (Wildman–Crippen LogP) is 17.2. The van der Waals surface area contributed by atoms with Gasteiger partial charge in [-0.15, -0.1) is 22.7 Å². The summed E-state index contributed by atoms with van der Waals surface area (Å²) in [5.41, 5.74) is 10.7. The smallest absolute Gasteiger partial charge is 0.0462 e. The molecule has 2 aromatic heterocycles. The Labute approximate surface area is 350 Å². The summed E-state index contributed by atoms with van der Waals surface area (Å²) < 4.78 is 5.39. The molecular weight excluding hydrogens is 751 g/mol. The lowest BCUT2D eigenvalue weighted by atomic mass is 9.97. The molecule has 0 amide bonds. The van der Waals surface area contributed by atoms with Gasteiger partial charge in [0.15, 0.2) is 0 Å². The van der Waals surface area contributed by atoms with Gasteiger partial charge in [0.25, 0.3) is 0 Å². The summed E-state index contributed by atoms with van der Waals surface area (Å²) in [6, 6.07) is 77.9. The first-order valence-corrected chi connectivity index (χ1v) is 21.7. The maximum Gasteiger partial charge on any atom is 0.0462 e. The van der Waals surface area contributed by atoms with Crippen molar-refractivity contribution in [1.29, 1.82) is 0 Å². The molecule has 2 heterocycles. The number of hydrogen-bond donors (Lipinski definition) is 0. The fourth-order valence-corrected chi connectivity index (χ4v) is 11.4. The van der Waals surface area contributed by atoms with Gasteiger partial charge in [0.2, 0.25) is 0 Å². The third-order valence-electron chi connectivity index (χ3n) is 11.9. The summed E-state index contributed by atoms with van der Waals surface area (Å²) in [6.45, 7) is 0. The Morgan fingerprint density at radius 1 is 0.288 bits per heavy atom. The average molecular weight is 786 g/mol. The Balaban J connectivity index is 0.958. The van der Waals surface area contributed by atoms with E-state index in [0.29, 0.717) is 0 Å². The third kappa shape index (κ3) is 5.73. The summed E-state index contributed by atoms with van der Waals surface area (Å²) >= 11 is 3.81. The molecule has 0 saturated heterocycles. The fraction of sp³-hybridized carbons (Fsp3) is 0. The van der Waals surface area contributed by atoms with Gasteiger partial charge in [0.1, 0.15) is 0 Å². The monoisotopic (exact) mass is 785 g/mol. The summed E-state index contributed by atoms with van der Waals surface area (Å²) in [5.74, 6) is 0. The van der Waals surface area contributed by atoms with Crippen molar-refractivity contribution in [3.05, 3.63) is 212 Å². The minimum atomic E-state index is 1.11. The molecule has 276 valence electrons. The zero-order valence-corrected chi connectivity index (χ0v) is 33.6. The van der Waals surface area contributed by atoms with Crippen LogP contribution >= 0.6 is 22.7 Å². The van der Waals surface area contributed by atoms with Crippen molar-refractivity contribution < 1.29 is 0 Å². The number of hydrogen-bond acceptors (Lipinski definition) is 3. The first kappa shape index (κ1) is 34.0. The van der Waals surface area contributed by atoms with Crippen LogP contribution in [0.2, 0.25) is 0 Å². The highest BCUT2D eigenvalue weighted by molar-refractivity contribution is 7.29. The second-order valence-corrected chi connectivity index (χ2v) is 17.4. The van der Waals surface area contributed by atoms with Gasteiger partial charge < -0.3 is 4.90 Å². The topological polar surface area (TPSA) is 3.24 Å². The van der Waals surface area contributed by atoms with Crippen LogP contribution in [0.4, 0.5) is 17.1 Å². The minimum Gasteiger partial charge on any atom is -0.311 e. The number of rotatable bonds is 6. The Hall–Kier alpha value is -7.04. The summed E-state index contributed by atoms with van der Waals surface area (Å²) in [7, 11) is 0. The normalized spacial score (nSPS) is 11.7. The molecule has 0 saturated carbocycles. The first-order chi connectivity index (χ1) is 29.2. The SMILES string of the molecule is c1ccc(-c2ccc(N(c3ccc(-c4ccc5ccc6ccccc6c5c4)cc3)c3ccc(-c4cccc5sc6ccc7c8ccccc8sc7c6c45)cc3)cc2)cc1. The molecule has 0 spiro atoms. The molecule has 0 unspecified atom stereocenters. The largest absolute Gasteiger partial charge is 0.311 e. The van der Waals surface area contributed by atoms with Crippen molar-refractivity contribution in [1.82, 2.24) is 0 Å². The van der Waals surface area contributed by atoms with Crippen molar-refractivity contribution in [3.63, 3.8) is 0 Å². The second kappa shape index (κ2) is 13.8. The first-order valence-electron chi connectivity index (χ1n) is 20.1. The minimum absolute atomic E-state index is 1.11. The lowest BCUT2D eigenvalue weighted by Gasteiger charge is -2.26.